The van der Waals surface area contributed by atoms with E-state index in [0.717, 1.165) is 11.4 Å². The lowest BCUT2D eigenvalue weighted by Gasteiger charge is -2.10. The van der Waals surface area contributed by atoms with Crippen LogP contribution >= 0.6 is 0 Å². The van der Waals surface area contributed by atoms with Crippen LogP contribution in [0.2, 0.25) is 0 Å². The molecule has 2 N–H and O–H groups in total. The highest BCUT2D eigenvalue weighted by molar-refractivity contribution is 6.07. The molecule has 0 spiro atoms. The lowest BCUT2D eigenvalue weighted by atomic mass is 10.1. The van der Waals surface area contributed by atoms with Gasteiger partial charge in [0.15, 0.2) is 0 Å². The molecule has 1 aromatic heterocycles. The largest absolute Gasteiger partial charge is 0.494 e. The van der Waals surface area contributed by atoms with Gasteiger partial charge in [0.05, 0.1) is 30.5 Å². The summed E-state index contributed by atoms with van der Waals surface area (Å²) in [6.07, 6.45) is 1.47. The zero-order valence-electron chi connectivity index (χ0n) is 16.1. The van der Waals surface area contributed by atoms with Gasteiger partial charge in [-0.1, -0.05) is 12.1 Å². The fourth-order valence-corrected chi connectivity index (χ4v) is 2.63. The molecule has 3 aromatic rings. The number of hydrogen-bond acceptors (Lipinski definition) is 6. The molecule has 0 radical (unpaired) electrons. The number of aromatic nitrogens is 1. The summed E-state index contributed by atoms with van der Waals surface area (Å²) in [5.74, 6) is 0.501. The molecule has 1 heterocycles. The van der Waals surface area contributed by atoms with Gasteiger partial charge in [-0.2, -0.15) is 0 Å². The summed E-state index contributed by atoms with van der Waals surface area (Å²) in [4.78, 5) is 28.6. The van der Waals surface area contributed by atoms with Crippen LogP contribution in [0, 0.1) is 0 Å². The number of carbonyl (C=O) groups excluding carboxylic acids is 2. The minimum Gasteiger partial charge on any atom is -0.494 e. The second kappa shape index (κ2) is 9.36. The van der Waals surface area contributed by atoms with Crippen molar-refractivity contribution in [3.05, 3.63) is 78.0 Å². The van der Waals surface area contributed by atoms with Gasteiger partial charge in [-0.25, -0.2) is 9.78 Å². The normalized spacial score (nSPS) is 10.1. The summed E-state index contributed by atoms with van der Waals surface area (Å²) in [6, 6.07) is 17.5. The third-order valence-electron chi connectivity index (χ3n) is 4.04. The number of hydrogen-bond donors (Lipinski definition) is 2. The van der Waals surface area contributed by atoms with Gasteiger partial charge in [-0.3, -0.25) is 4.79 Å². The van der Waals surface area contributed by atoms with Crippen molar-refractivity contribution in [2.45, 2.75) is 6.92 Å². The molecule has 7 nitrogen and oxygen atoms in total. The van der Waals surface area contributed by atoms with E-state index >= 15 is 0 Å². The smallest absolute Gasteiger partial charge is 0.339 e. The fraction of sp³-hybridized carbons (Fsp3) is 0.136. The first kappa shape index (κ1) is 19.9. The van der Waals surface area contributed by atoms with Gasteiger partial charge >= 0.3 is 5.97 Å². The van der Waals surface area contributed by atoms with Crippen LogP contribution in [-0.2, 0) is 4.74 Å². The Kier molecular flexibility index (Phi) is 6.42. The second-order valence-corrected chi connectivity index (χ2v) is 6.01. The summed E-state index contributed by atoms with van der Waals surface area (Å²) in [5, 5.41) is 5.88. The van der Waals surface area contributed by atoms with Crippen LogP contribution < -0.4 is 15.4 Å². The SMILES string of the molecule is CCOc1ccc(Nc2ccc(C(=O)Nc3ccccc3C(=O)OC)cn2)cc1. The van der Waals surface area contributed by atoms with E-state index in [0.29, 0.717) is 23.7 Å². The van der Waals surface area contributed by atoms with Gasteiger partial charge in [0.25, 0.3) is 5.91 Å². The van der Waals surface area contributed by atoms with Gasteiger partial charge in [-0.05, 0) is 55.5 Å². The zero-order valence-corrected chi connectivity index (χ0v) is 16.1. The highest BCUT2D eigenvalue weighted by atomic mass is 16.5. The van der Waals surface area contributed by atoms with Gasteiger partial charge in [0.2, 0.25) is 0 Å². The number of ether oxygens (including phenoxy) is 2. The second-order valence-electron chi connectivity index (χ2n) is 6.01. The summed E-state index contributed by atoms with van der Waals surface area (Å²) < 4.78 is 10.2. The van der Waals surface area contributed by atoms with Crippen LogP contribution in [0.5, 0.6) is 5.75 Å². The van der Waals surface area contributed by atoms with Crippen molar-refractivity contribution < 1.29 is 19.1 Å². The molecular formula is C22H21N3O4. The fourth-order valence-electron chi connectivity index (χ4n) is 2.63. The predicted octanol–water partition coefficient (Wildman–Crippen LogP) is 4.26. The van der Waals surface area contributed by atoms with Crippen LogP contribution in [-0.4, -0.2) is 30.6 Å². The molecule has 2 aromatic carbocycles. The van der Waals surface area contributed by atoms with Crippen molar-refractivity contribution in [1.82, 2.24) is 4.98 Å². The quantitative estimate of drug-likeness (QED) is 0.585. The molecule has 0 fully saturated rings. The molecule has 7 heteroatoms. The van der Waals surface area contributed by atoms with Gasteiger partial charge in [-0.15, -0.1) is 0 Å². The topological polar surface area (TPSA) is 89.6 Å². The number of nitrogens with one attached hydrogen (secondary N) is 2. The first-order valence-electron chi connectivity index (χ1n) is 9.05. The maximum Gasteiger partial charge on any atom is 0.339 e. The highest BCUT2D eigenvalue weighted by Gasteiger charge is 2.14. The van der Waals surface area contributed by atoms with Crippen molar-refractivity contribution in [2.75, 3.05) is 24.4 Å². The predicted molar refractivity (Wildman–Crippen MR) is 111 cm³/mol. The van der Waals surface area contributed by atoms with Gasteiger partial charge in [0, 0.05) is 11.9 Å². The molecule has 29 heavy (non-hydrogen) atoms. The third kappa shape index (κ3) is 5.10. The maximum atomic E-state index is 12.5. The first-order valence-corrected chi connectivity index (χ1v) is 9.05. The lowest BCUT2D eigenvalue weighted by molar-refractivity contribution is 0.0602. The number of nitrogens with zero attached hydrogens (tertiary/aromatic N) is 1. The molecule has 0 saturated carbocycles. The Hall–Kier alpha value is -3.87. The van der Waals surface area contributed by atoms with Crippen LogP contribution in [0.25, 0.3) is 0 Å². The third-order valence-corrected chi connectivity index (χ3v) is 4.04. The molecule has 148 valence electrons. The van der Waals surface area contributed by atoms with Crippen molar-refractivity contribution in [2.24, 2.45) is 0 Å². The standard InChI is InChI=1S/C22H21N3O4/c1-3-29-17-11-9-16(10-12-17)24-20-13-8-15(14-23-20)21(26)25-19-7-5-4-6-18(19)22(27)28-2/h4-14H,3H2,1-2H3,(H,23,24)(H,25,26). The zero-order chi connectivity index (χ0) is 20.6. The van der Waals surface area contributed by atoms with Crippen LogP contribution in [0.15, 0.2) is 66.9 Å². The molecule has 0 unspecified atom stereocenters. The number of amides is 1. The number of esters is 1. The minimum absolute atomic E-state index is 0.282. The van der Waals surface area contributed by atoms with Crippen molar-refractivity contribution in [3.63, 3.8) is 0 Å². The number of methoxy groups -OCH3 is 1. The van der Waals surface area contributed by atoms with E-state index in [1.165, 1.54) is 13.3 Å². The highest BCUT2D eigenvalue weighted by Crippen LogP contribution is 2.20. The maximum absolute atomic E-state index is 12.5. The summed E-state index contributed by atoms with van der Waals surface area (Å²) >= 11 is 0. The van der Waals surface area contributed by atoms with Crippen molar-refractivity contribution >= 4 is 29.1 Å². The van der Waals surface area contributed by atoms with Crippen molar-refractivity contribution in [1.29, 1.82) is 0 Å². The number of carbonyl (C=O) groups is 2. The molecule has 0 aliphatic heterocycles. The average Bonchev–Trinajstić information content (AvgIpc) is 2.75. The Morgan fingerprint density at radius 3 is 2.41 bits per heavy atom. The van der Waals surface area contributed by atoms with E-state index in [-0.39, 0.29) is 11.5 Å². The van der Waals surface area contributed by atoms with E-state index in [2.05, 4.69) is 15.6 Å². The van der Waals surface area contributed by atoms with E-state index in [9.17, 15) is 9.59 Å². The van der Waals surface area contributed by atoms with Crippen LogP contribution in [0.3, 0.4) is 0 Å². The van der Waals surface area contributed by atoms with E-state index < -0.39 is 5.97 Å². The summed E-state index contributed by atoms with van der Waals surface area (Å²) in [6.45, 7) is 2.55. The molecular weight excluding hydrogens is 370 g/mol. The Morgan fingerprint density at radius 2 is 1.76 bits per heavy atom. The Morgan fingerprint density at radius 1 is 1.00 bits per heavy atom. The molecule has 0 bridgehead atoms. The van der Waals surface area contributed by atoms with Crippen LogP contribution in [0.1, 0.15) is 27.6 Å². The van der Waals surface area contributed by atoms with Gasteiger partial charge in [0.1, 0.15) is 11.6 Å². The van der Waals surface area contributed by atoms with Crippen LogP contribution in [0.4, 0.5) is 17.2 Å². The minimum atomic E-state index is -0.520. The van der Waals surface area contributed by atoms with E-state index in [4.69, 9.17) is 9.47 Å². The molecule has 0 atom stereocenters. The Labute approximate surface area is 168 Å². The number of rotatable bonds is 7. The molecule has 1 amide bonds. The molecule has 3 rings (SSSR count). The average molecular weight is 391 g/mol. The summed E-state index contributed by atoms with van der Waals surface area (Å²) in [7, 11) is 1.29. The number of anilines is 3. The lowest BCUT2D eigenvalue weighted by Crippen LogP contribution is -2.15. The Bertz CT molecular complexity index is 986. The van der Waals surface area contributed by atoms with Crippen molar-refractivity contribution in [3.8, 4) is 5.75 Å². The number of benzene rings is 2. The van der Waals surface area contributed by atoms with E-state index in [1.54, 1.807) is 36.4 Å². The monoisotopic (exact) mass is 391 g/mol. The number of pyridine rings is 1. The summed E-state index contributed by atoms with van der Waals surface area (Å²) in [5.41, 5.74) is 1.87. The first-order chi connectivity index (χ1) is 14.1. The van der Waals surface area contributed by atoms with Gasteiger partial charge < -0.3 is 20.1 Å². The molecule has 0 aliphatic rings. The number of para-hydroxylation sites is 1. The molecule has 0 aliphatic carbocycles. The Balaban J connectivity index is 1.67. The molecule has 0 saturated heterocycles. The van der Waals surface area contributed by atoms with E-state index in [1.807, 2.05) is 31.2 Å².